The molecule has 0 unspecified atom stereocenters. The van der Waals surface area contributed by atoms with Crippen molar-refractivity contribution in [2.45, 2.75) is 0 Å². The van der Waals surface area contributed by atoms with E-state index >= 15 is 0 Å². The zero-order valence-corrected chi connectivity index (χ0v) is 15.0. The summed E-state index contributed by atoms with van der Waals surface area (Å²) in [6, 6.07) is 9.93. The molecule has 1 heterocycles. The van der Waals surface area contributed by atoms with Crippen LogP contribution >= 0.6 is 45.8 Å². The minimum Gasteiger partial charge on any atom is -0.320 e. The maximum absolute atomic E-state index is 12.1. The monoisotopic (exact) mass is 459 g/mol. The maximum Gasteiger partial charge on any atom is 0.276 e. The summed E-state index contributed by atoms with van der Waals surface area (Å²) < 4.78 is 0.957. The van der Waals surface area contributed by atoms with E-state index in [-0.39, 0.29) is 17.2 Å². The Balaban J connectivity index is 1.87. The van der Waals surface area contributed by atoms with Gasteiger partial charge in [-0.3, -0.25) is 9.59 Å². The summed E-state index contributed by atoms with van der Waals surface area (Å²) in [6.07, 6.45) is 0. The minimum absolute atomic E-state index is 0.153. The Morgan fingerprint density at radius 2 is 1.83 bits per heavy atom. The average molecular weight is 460 g/mol. The largest absolute Gasteiger partial charge is 0.320 e. The molecule has 2 amide bonds. The third kappa shape index (κ3) is 3.49. The van der Waals surface area contributed by atoms with Gasteiger partial charge in [0, 0.05) is 24.7 Å². The molecule has 0 aliphatic carbocycles. The van der Waals surface area contributed by atoms with E-state index in [4.69, 9.17) is 23.2 Å². The molecule has 0 saturated carbocycles. The number of carbonyl (C=O) groups excluding carboxylic acids is 2. The van der Waals surface area contributed by atoms with Gasteiger partial charge in [-0.25, -0.2) is 5.43 Å². The van der Waals surface area contributed by atoms with Crippen molar-refractivity contribution in [2.75, 3.05) is 5.32 Å². The van der Waals surface area contributed by atoms with Crippen molar-refractivity contribution in [3.05, 3.63) is 61.1 Å². The SMILES string of the molecule is O=C1Nc2ccc(I)cc2/C1=N\NC(=O)c1cc(Cl)cc(Cl)c1. The van der Waals surface area contributed by atoms with Crippen molar-refractivity contribution in [3.8, 4) is 0 Å². The van der Waals surface area contributed by atoms with Crippen LogP contribution in [0.4, 0.5) is 5.69 Å². The quantitative estimate of drug-likeness (QED) is 0.531. The molecule has 0 bridgehead atoms. The van der Waals surface area contributed by atoms with Gasteiger partial charge in [0.05, 0.1) is 5.69 Å². The van der Waals surface area contributed by atoms with Crippen LogP contribution in [0.25, 0.3) is 0 Å². The highest BCUT2D eigenvalue weighted by molar-refractivity contribution is 14.1. The molecular formula is C15H8Cl2IN3O2. The van der Waals surface area contributed by atoms with E-state index in [9.17, 15) is 9.59 Å². The molecule has 1 aliphatic heterocycles. The van der Waals surface area contributed by atoms with Gasteiger partial charge in [0.15, 0.2) is 5.71 Å². The van der Waals surface area contributed by atoms with Gasteiger partial charge in [-0.2, -0.15) is 5.10 Å². The first-order valence-corrected chi connectivity index (χ1v) is 8.23. The number of anilines is 1. The van der Waals surface area contributed by atoms with Crippen LogP contribution in [0.15, 0.2) is 41.5 Å². The predicted molar refractivity (Wildman–Crippen MR) is 98.3 cm³/mol. The maximum atomic E-state index is 12.1. The fourth-order valence-electron chi connectivity index (χ4n) is 2.09. The van der Waals surface area contributed by atoms with Crippen molar-refractivity contribution in [1.82, 2.24) is 5.43 Å². The predicted octanol–water partition coefficient (Wildman–Crippen LogP) is 3.68. The molecule has 0 fully saturated rings. The van der Waals surface area contributed by atoms with Crippen molar-refractivity contribution in [2.24, 2.45) is 5.10 Å². The van der Waals surface area contributed by atoms with Crippen molar-refractivity contribution in [1.29, 1.82) is 0 Å². The van der Waals surface area contributed by atoms with E-state index in [0.717, 1.165) is 3.57 Å². The summed E-state index contributed by atoms with van der Waals surface area (Å²) in [7, 11) is 0. The second-order valence-electron chi connectivity index (χ2n) is 4.70. The highest BCUT2D eigenvalue weighted by Gasteiger charge is 2.26. The van der Waals surface area contributed by atoms with Crippen LogP contribution in [0.3, 0.4) is 0 Å². The number of halogens is 3. The third-order valence-corrected chi connectivity index (χ3v) is 4.20. The number of hydrogen-bond acceptors (Lipinski definition) is 3. The lowest BCUT2D eigenvalue weighted by molar-refractivity contribution is -0.110. The van der Waals surface area contributed by atoms with Crippen LogP contribution in [-0.2, 0) is 4.79 Å². The van der Waals surface area contributed by atoms with Gasteiger partial charge < -0.3 is 5.32 Å². The highest BCUT2D eigenvalue weighted by Crippen LogP contribution is 2.25. The van der Waals surface area contributed by atoms with Gasteiger partial charge in [0.25, 0.3) is 11.8 Å². The van der Waals surface area contributed by atoms with E-state index < -0.39 is 5.91 Å². The van der Waals surface area contributed by atoms with E-state index in [2.05, 4.69) is 38.4 Å². The van der Waals surface area contributed by atoms with E-state index in [0.29, 0.717) is 21.3 Å². The molecule has 2 aromatic carbocycles. The minimum atomic E-state index is -0.506. The summed E-state index contributed by atoms with van der Waals surface area (Å²) in [5, 5.41) is 7.31. The summed E-state index contributed by atoms with van der Waals surface area (Å²) in [5.41, 5.74) is 4.07. The molecule has 0 spiro atoms. The number of hydrogen-bond donors (Lipinski definition) is 2. The van der Waals surface area contributed by atoms with Crippen LogP contribution < -0.4 is 10.7 Å². The summed E-state index contributed by atoms with van der Waals surface area (Å²) in [6.45, 7) is 0. The van der Waals surface area contributed by atoms with Gasteiger partial charge in [0.1, 0.15) is 0 Å². The average Bonchev–Trinajstić information content (AvgIpc) is 2.78. The Morgan fingerprint density at radius 1 is 1.13 bits per heavy atom. The molecule has 0 atom stereocenters. The van der Waals surface area contributed by atoms with E-state index in [1.807, 2.05) is 12.1 Å². The number of fused-ring (bicyclic) bond motifs is 1. The Hall–Kier alpha value is -1.64. The molecule has 1 aliphatic rings. The van der Waals surface area contributed by atoms with Crippen molar-refractivity contribution >= 4 is 69.0 Å². The lowest BCUT2D eigenvalue weighted by atomic mass is 10.1. The fraction of sp³-hybridized carbons (Fsp3) is 0. The lowest BCUT2D eigenvalue weighted by Gasteiger charge is -2.03. The topological polar surface area (TPSA) is 70.6 Å². The Bertz CT molecular complexity index is 848. The third-order valence-electron chi connectivity index (χ3n) is 3.09. The highest BCUT2D eigenvalue weighted by atomic mass is 127. The Morgan fingerprint density at radius 3 is 2.52 bits per heavy atom. The van der Waals surface area contributed by atoms with Crippen molar-refractivity contribution in [3.63, 3.8) is 0 Å². The smallest absolute Gasteiger partial charge is 0.276 e. The van der Waals surface area contributed by atoms with E-state index in [1.165, 1.54) is 18.2 Å². The van der Waals surface area contributed by atoms with Gasteiger partial charge in [-0.1, -0.05) is 23.2 Å². The first-order chi connectivity index (χ1) is 10.9. The molecule has 0 radical (unpaired) electrons. The molecule has 0 saturated heterocycles. The van der Waals surface area contributed by atoms with E-state index in [1.54, 1.807) is 6.07 Å². The molecule has 3 rings (SSSR count). The summed E-state index contributed by atoms with van der Waals surface area (Å²) in [5.74, 6) is -0.875. The number of nitrogens with zero attached hydrogens (tertiary/aromatic N) is 1. The molecular weight excluding hydrogens is 452 g/mol. The number of rotatable bonds is 2. The number of carbonyl (C=O) groups is 2. The Labute approximate surface area is 155 Å². The number of hydrazone groups is 1. The lowest BCUT2D eigenvalue weighted by Crippen LogP contribution is -2.23. The number of nitrogens with one attached hydrogen (secondary N) is 2. The zero-order valence-electron chi connectivity index (χ0n) is 11.4. The molecule has 116 valence electrons. The normalized spacial score (nSPS) is 14.6. The van der Waals surface area contributed by atoms with Gasteiger partial charge in [-0.05, 0) is 59.0 Å². The first-order valence-electron chi connectivity index (χ1n) is 6.39. The van der Waals surface area contributed by atoms with Crippen LogP contribution in [-0.4, -0.2) is 17.5 Å². The molecule has 0 aromatic heterocycles. The summed E-state index contributed by atoms with van der Waals surface area (Å²) >= 11 is 13.9. The number of benzene rings is 2. The molecule has 5 nitrogen and oxygen atoms in total. The zero-order chi connectivity index (χ0) is 16.6. The Kier molecular flexibility index (Phi) is 4.56. The second-order valence-corrected chi connectivity index (χ2v) is 6.82. The molecule has 23 heavy (non-hydrogen) atoms. The number of amides is 2. The second kappa shape index (κ2) is 6.46. The van der Waals surface area contributed by atoms with Crippen molar-refractivity contribution < 1.29 is 9.59 Å². The standard InChI is InChI=1S/C15H8Cl2IN3O2/c16-8-3-7(4-9(17)5-8)14(22)21-20-13-11-6-10(18)1-2-12(11)19-15(13)23/h1-6H,(H,21,22)(H,19,20,23). The van der Waals surface area contributed by atoms with Crippen LogP contribution in [0.2, 0.25) is 10.0 Å². The molecule has 2 N–H and O–H groups in total. The fourth-order valence-corrected chi connectivity index (χ4v) is 3.11. The van der Waals surface area contributed by atoms with Crippen LogP contribution in [0.1, 0.15) is 15.9 Å². The first kappa shape index (κ1) is 16.2. The molecule has 8 heteroatoms. The van der Waals surface area contributed by atoms with Crippen LogP contribution in [0.5, 0.6) is 0 Å². The van der Waals surface area contributed by atoms with Gasteiger partial charge >= 0.3 is 0 Å². The summed E-state index contributed by atoms with van der Waals surface area (Å²) in [4.78, 5) is 24.1. The van der Waals surface area contributed by atoms with Gasteiger partial charge in [0.2, 0.25) is 0 Å². The molecule has 2 aromatic rings. The van der Waals surface area contributed by atoms with Crippen LogP contribution in [0, 0.1) is 3.57 Å². The van der Waals surface area contributed by atoms with Gasteiger partial charge in [-0.15, -0.1) is 0 Å².